The molecule has 0 saturated carbocycles. The molecule has 0 aromatic rings. The van der Waals surface area contributed by atoms with Crippen LogP contribution < -0.4 is 0 Å². The number of likely N-dealkylation sites (N-methyl/N-ethyl adjacent to an activating group) is 1. The van der Waals surface area contributed by atoms with Crippen molar-refractivity contribution in [2.75, 3.05) is 27.4 Å². The minimum Gasteiger partial charge on any atom is -0.479 e. The molecule has 0 radical (unpaired) electrons. The Kier molecular flexibility index (Phi) is 6.75. The first-order valence-corrected chi connectivity index (χ1v) is 6.34. The Hall–Kier alpha value is -1.18. The van der Waals surface area contributed by atoms with Gasteiger partial charge in [0, 0.05) is 20.3 Å². The van der Waals surface area contributed by atoms with Crippen LogP contribution in [0.1, 0.15) is 25.7 Å². The van der Waals surface area contributed by atoms with Gasteiger partial charge in [-0.25, -0.2) is 9.86 Å². The van der Waals surface area contributed by atoms with Crippen molar-refractivity contribution in [3.63, 3.8) is 0 Å². The number of hydroxylamine groups is 2. The monoisotopic (exact) mass is 275 g/mol. The van der Waals surface area contributed by atoms with Crippen molar-refractivity contribution in [3.8, 4) is 0 Å². The lowest BCUT2D eigenvalue weighted by molar-refractivity contribution is -0.178. The van der Waals surface area contributed by atoms with Crippen molar-refractivity contribution in [3.05, 3.63) is 0 Å². The molecule has 19 heavy (non-hydrogen) atoms. The van der Waals surface area contributed by atoms with Crippen LogP contribution in [0.25, 0.3) is 0 Å². The maximum atomic E-state index is 11.3. The molecule has 7 heteroatoms. The van der Waals surface area contributed by atoms with Crippen molar-refractivity contribution in [1.29, 1.82) is 0 Å². The minimum atomic E-state index is -0.831. The normalized spacial score (nSPS) is 25.6. The van der Waals surface area contributed by atoms with Crippen molar-refractivity contribution in [1.82, 2.24) is 5.06 Å². The molecule has 2 aliphatic rings. The summed E-state index contributed by atoms with van der Waals surface area (Å²) in [5.41, 5.74) is 0. The van der Waals surface area contributed by atoms with Gasteiger partial charge in [-0.3, -0.25) is 9.63 Å². The zero-order valence-corrected chi connectivity index (χ0v) is 11.3. The Bertz CT molecular complexity index is 297. The molecule has 2 atom stereocenters. The molecule has 0 aromatic heterocycles. The molecule has 0 bridgehead atoms. The van der Waals surface area contributed by atoms with Crippen LogP contribution in [0.3, 0.4) is 0 Å². The number of ether oxygens (including phenoxy) is 2. The van der Waals surface area contributed by atoms with Crippen molar-refractivity contribution in [2.24, 2.45) is 0 Å². The van der Waals surface area contributed by atoms with E-state index in [1.165, 1.54) is 12.2 Å². The molecular formula is C12H21NO6. The SMILES string of the molecule is CON(C)C(=O)C1CCCO1.O=C(O)C1CCCO1. The molecule has 110 valence electrons. The first-order valence-electron chi connectivity index (χ1n) is 6.34. The summed E-state index contributed by atoms with van der Waals surface area (Å²) >= 11 is 0. The third-order valence-electron chi connectivity index (χ3n) is 2.99. The number of carboxylic acids is 1. The summed E-state index contributed by atoms with van der Waals surface area (Å²) in [6.07, 6.45) is 2.54. The molecular weight excluding hydrogens is 254 g/mol. The smallest absolute Gasteiger partial charge is 0.332 e. The summed E-state index contributed by atoms with van der Waals surface area (Å²) < 4.78 is 9.98. The highest BCUT2D eigenvalue weighted by atomic mass is 16.7. The van der Waals surface area contributed by atoms with E-state index in [1.807, 2.05) is 0 Å². The second-order valence-electron chi connectivity index (χ2n) is 4.36. The molecule has 2 unspecified atom stereocenters. The largest absolute Gasteiger partial charge is 0.479 e. The molecule has 2 rings (SSSR count). The van der Waals surface area contributed by atoms with Crippen LogP contribution in [0, 0.1) is 0 Å². The Morgan fingerprint density at radius 1 is 1.16 bits per heavy atom. The molecule has 2 saturated heterocycles. The molecule has 7 nitrogen and oxygen atoms in total. The van der Waals surface area contributed by atoms with Crippen molar-refractivity contribution in [2.45, 2.75) is 37.9 Å². The number of carbonyl (C=O) groups excluding carboxylic acids is 1. The maximum Gasteiger partial charge on any atom is 0.332 e. The van der Waals surface area contributed by atoms with E-state index in [0.717, 1.165) is 19.3 Å². The summed E-state index contributed by atoms with van der Waals surface area (Å²) in [5, 5.41) is 9.49. The molecule has 0 spiro atoms. The van der Waals surface area contributed by atoms with Gasteiger partial charge in [-0.05, 0) is 25.7 Å². The van der Waals surface area contributed by atoms with Crippen LogP contribution in [0.4, 0.5) is 0 Å². The van der Waals surface area contributed by atoms with Crippen molar-refractivity contribution >= 4 is 11.9 Å². The zero-order chi connectivity index (χ0) is 14.3. The second-order valence-corrected chi connectivity index (χ2v) is 4.36. The summed E-state index contributed by atoms with van der Waals surface area (Å²) in [7, 11) is 3.05. The lowest BCUT2D eigenvalue weighted by Crippen LogP contribution is -2.35. The van der Waals surface area contributed by atoms with Crippen LogP contribution in [0.2, 0.25) is 0 Å². The van der Waals surface area contributed by atoms with Crippen LogP contribution in [0.15, 0.2) is 0 Å². The number of hydrogen-bond donors (Lipinski definition) is 1. The molecule has 2 fully saturated rings. The summed E-state index contributed by atoms with van der Waals surface area (Å²) in [4.78, 5) is 26.1. The lowest BCUT2D eigenvalue weighted by atomic mass is 10.2. The molecule has 1 amide bonds. The van der Waals surface area contributed by atoms with E-state index in [0.29, 0.717) is 19.6 Å². The fraction of sp³-hybridized carbons (Fsp3) is 0.833. The highest BCUT2D eigenvalue weighted by molar-refractivity contribution is 5.79. The van der Waals surface area contributed by atoms with Crippen LogP contribution in [0.5, 0.6) is 0 Å². The van der Waals surface area contributed by atoms with Crippen molar-refractivity contribution < 1.29 is 29.0 Å². The first-order chi connectivity index (χ1) is 9.06. The van der Waals surface area contributed by atoms with E-state index in [-0.39, 0.29) is 12.0 Å². The molecule has 0 aliphatic carbocycles. The predicted molar refractivity (Wildman–Crippen MR) is 65.4 cm³/mol. The summed E-state index contributed by atoms with van der Waals surface area (Å²) in [6, 6.07) is 0. The van der Waals surface area contributed by atoms with Gasteiger partial charge in [0.1, 0.15) is 6.10 Å². The van der Waals surface area contributed by atoms with Gasteiger partial charge in [-0.1, -0.05) is 0 Å². The molecule has 2 aliphatic heterocycles. The molecule has 1 N–H and O–H groups in total. The van der Waals surface area contributed by atoms with Crippen LogP contribution in [-0.4, -0.2) is 61.6 Å². The minimum absolute atomic E-state index is 0.0926. The van der Waals surface area contributed by atoms with Gasteiger partial charge in [-0.15, -0.1) is 0 Å². The number of carboxylic acid groups (broad SMARTS) is 1. The van der Waals surface area contributed by atoms with E-state index in [1.54, 1.807) is 7.05 Å². The van der Waals surface area contributed by atoms with Crippen LogP contribution in [-0.2, 0) is 23.9 Å². The molecule has 0 aromatic carbocycles. The van der Waals surface area contributed by atoms with E-state index in [4.69, 9.17) is 19.4 Å². The molecule has 2 heterocycles. The number of hydrogen-bond acceptors (Lipinski definition) is 5. The van der Waals surface area contributed by atoms with E-state index >= 15 is 0 Å². The standard InChI is InChI=1S/C7H13NO3.C5H8O3/c1-8(10-2)7(9)6-4-3-5-11-6;6-5(7)4-2-1-3-8-4/h6H,3-5H2,1-2H3;4H,1-3H2,(H,6,7). The maximum absolute atomic E-state index is 11.3. The average Bonchev–Trinajstić information content (AvgIpc) is 3.09. The van der Waals surface area contributed by atoms with E-state index in [2.05, 4.69) is 0 Å². The number of nitrogens with zero attached hydrogens (tertiary/aromatic N) is 1. The summed E-state index contributed by atoms with van der Waals surface area (Å²) in [6.45, 7) is 1.30. The Morgan fingerprint density at radius 3 is 2.00 bits per heavy atom. The number of carbonyl (C=O) groups is 2. The lowest BCUT2D eigenvalue weighted by Gasteiger charge is -2.17. The van der Waals surface area contributed by atoms with Crippen LogP contribution >= 0.6 is 0 Å². The van der Waals surface area contributed by atoms with Gasteiger partial charge in [0.25, 0.3) is 5.91 Å². The van der Waals surface area contributed by atoms with Gasteiger partial charge in [0.2, 0.25) is 0 Å². The fourth-order valence-electron chi connectivity index (χ4n) is 1.84. The van der Waals surface area contributed by atoms with E-state index in [9.17, 15) is 9.59 Å². The van der Waals surface area contributed by atoms with Gasteiger partial charge < -0.3 is 14.6 Å². The number of aliphatic carboxylic acids is 1. The first kappa shape index (κ1) is 15.9. The van der Waals surface area contributed by atoms with Gasteiger partial charge in [0.15, 0.2) is 6.10 Å². The summed E-state index contributed by atoms with van der Waals surface area (Å²) in [5.74, 6) is -0.924. The third-order valence-corrected chi connectivity index (χ3v) is 2.99. The highest BCUT2D eigenvalue weighted by Gasteiger charge is 2.26. The second kappa shape index (κ2) is 8.08. The van der Waals surface area contributed by atoms with Gasteiger partial charge in [-0.2, -0.15) is 0 Å². The average molecular weight is 275 g/mol. The van der Waals surface area contributed by atoms with Gasteiger partial charge >= 0.3 is 5.97 Å². The highest BCUT2D eigenvalue weighted by Crippen LogP contribution is 2.13. The quantitative estimate of drug-likeness (QED) is 0.752. The van der Waals surface area contributed by atoms with E-state index < -0.39 is 12.1 Å². The van der Waals surface area contributed by atoms with Gasteiger partial charge in [0.05, 0.1) is 7.11 Å². The predicted octanol–water partition coefficient (Wildman–Crippen LogP) is 0.435. The Morgan fingerprint density at radius 2 is 1.68 bits per heavy atom. The Balaban J connectivity index is 0.000000200. The topological polar surface area (TPSA) is 85.3 Å². The number of rotatable bonds is 3. The zero-order valence-electron chi connectivity index (χ0n) is 11.3. The number of amides is 1. The third kappa shape index (κ3) is 5.14. The Labute approximate surface area is 112 Å². The fourth-order valence-corrected chi connectivity index (χ4v) is 1.84.